The van der Waals surface area contributed by atoms with Crippen molar-refractivity contribution in [2.75, 3.05) is 6.54 Å². The first kappa shape index (κ1) is 17.5. The Morgan fingerprint density at radius 3 is 2.80 bits per heavy atom. The molecule has 0 saturated heterocycles. The van der Waals surface area contributed by atoms with Crippen LogP contribution in [0.5, 0.6) is 0 Å². The molecule has 0 radical (unpaired) electrons. The minimum Gasteiger partial charge on any atom is -0.349 e. The van der Waals surface area contributed by atoms with E-state index < -0.39 is 0 Å². The Balaban J connectivity index is 0.00000200. The van der Waals surface area contributed by atoms with Gasteiger partial charge in [-0.05, 0) is 49.1 Å². The summed E-state index contributed by atoms with van der Waals surface area (Å²) in [6.45, 7) is 4.69. The van der Waals surface area contributed by atoms with E-state index in [2.05, 4.69) is 30.6 Å². The number of rotatable bonds is 5. The molecule has 0 aliphatic heterocycles. The van der Waals surface area contributed by atoms with Crippen molar-refractivity contribution >= 4 is 29.7 Å². The standard InChI is InChI=1S/C15H24N2OS.ClH/c1-3-15(4-2,10-16)17-14(18)12-6-5-7-13-11(12)8-9-19-13;/h8-9,12H,3-7,10,16H2,1-2H3,(H,17,18);1H. The fourth-order valence-electron chi connectivity index (χ4n) is 2.87. The van der Waals surface area contributed by atoms with Gasteiger partial charge in [0.05, 0.1) is 11.5 Å². The van der Waals surface area contributed by atoms with Crippen LogP contribution in [0.15, 0.2) is 11.4 Å². The highest BCUT2D eigenvalue weighted by molar-refractivity contribution is 7.10. The Hall–Kier alpha value is -0.580. The molecular formula is C15H25ClN2OS. The number of carbonyl (C=O) groups is 1. The summed E-state index contributed by atoms with van der Waals surface area (Å²) >= 11 is 1.78. The summed E-state index contributed by atoms with van der Waals surface area (Å²) in [4.78, 5) is 14.0. The highest BCUT2D eigenvalue weighted by Gasteiger charge is 2.32. The summed E-state index contributed by atoms with van der Waals surface area (Å²) in [6, 6.07) is 2.12. The molecule has 0 spiro atoms. The monoisotopic (exact) mass is 316 g/mol. The Morgan fingerprint density at radius 1 is 1.50 bits per heavy atom. The number of thiophene rings is 1. The predicted molar refractivity (Wildman–Crippen MR) is 87.8 cm³/mol. The van der Waals surface area contributed by atoms with Crippen molar-refractivity contribution in [3.8, 4) is 0 Å². The molecule has 2 rings (SSSR count). The Kier molecular flexibility index (Phi) is 6.49. The molecule has 114 valence electrons. The molecule has 20 heavy (non-hydrogen) atoms. The number of nitrogens with two attached hydrogens (primary N) is 1. The van der Waals surface area contributed by atoms with Crippen molar-refractivity contribution < 1.29 is 4.79 Å². The van der Waals surface area contributed by atoms with E-state index in [1.807, 2.05) is 0 Å². The molecule has 1 heterocycles. The number of aryl methyl sites for hydroxylation is 1. The average Bonchev–Trinajstić information content (AvgIpc) is 2.93. The molecule has 0 fully saturated rings. The Morgan fingerprint density at radius 2 is 2.20 bits per heavy atom. The van der Waals surface area contributed by atoms with E-state index in [1.54, 1.807) is 11.3 Å². The Bertz CT molecular complexity index is 435. The van der Waals surface area contributed by atoms with Crippen molar-refractivity contribution in [1.82, 2.24) is 5.32 Å². The van der Waals surface area contributed by atoms with Gasteiger partial charge in [-0.2, -0.15) is 0 Å². The third-order valence-corrected chi connectivity index (χ3v) is 5.50. The van der Waals surface area contributed by atoms with E-state index in [0.29, 0.717) is 6.54 Å². The predicted octanol–water partition coefficient (Wildman–Crippen LogP) is 3.22. The topological polar surface area (TPSA) is 55.1 Å². The van der Waals surface area contributed by atoms with Gasteiger partial charge in [0.15, 0.2) is 0 Å². The zero-order valence-corrected chi connectivity index (χ0v) is 13.9. The van der Waals surface area contributed by atoms with E-state index in [1.165, 1.54) is 10.4 Å². The summed E-state index contributed by atoms with van der Waals surface area (Å²) in [5, 5.41) is 5.32. The number of carbonyl (C=O) groups excluding carboxylic acids is 1. The van der Waals surface area contributed by atoms with Gasteiger partial charge in [-0.1, -0.05) is 13.8 Å². The second kappa shape index (κ2) is 7.43. The lowest BCUT2D eigenvalue weighted by molar-refractivity contribution is -0.124. The lowest BCUT2D eigenvalue weighted by Gasteiger charge is -2.34. The maximum atomic E-state index is 12.6. The first-order valence-electron chi connectivity index (χ1n) is 7.24. The number of hydrogen-bond donors (Lipinski definition) is 2. The van der Waals surface area contributed by atoms with E-state index >= 15 is 0 Å². The van der Waals surface area contributed by atoms with Gasteiger partial charge >= 0.3 is 0 Å². The van der Waals surface area contributed by atoms with E-state index in [4.69, 9.17) is 5.73 Å². The Labute approximate surface area is 131 Å². The quantitative estimate of drug-likeness (QED) is 0.876. The second-order valence-electron chi connectivity index (χ2n) is 5.42. The van der Waals surface area contributed by atoms with Gasteiger partial charge in [-0.3, -0.25) is 4.79 Å². The SMILES string of the molecule is CCC(CC)(CN)NC(=O)C1CCCc2sccc21.Cl. The van der Waals surface area contributed by atoms with Crippen molar-refractivity contribution in [3.63, 3.8) is 0 Å². The smallest absolute Gasteiger partial charge is 0.228 e. The number of amides is 1. The molecule has 0 bridgehead atoms. The summed E-state index contributed by atoms with van der Waals surface area (Å²) in [7, 11) is 0. The highest BCUT2D eigenvalue weighted by atomic mass is 35.5. The number of fused-ring (bicyclic) bond motifs is 1. The number of halogens is 1. The normalized spacial score (nSPS) is 18.1. The first-order valence-corrected chi connectivity index (χ1v) is 8.12. The van der Waals surface area contributed by atoms with Crippen LogP contribution in [-0.2, 0) is 11.2 Å². The largest absolute Gasteiger partial charge is 0.349 e. The van der Waals surface area contributed by atoms with Crippen LogP contribution in [0.4, 0.5) is 0 Å². The zero-order chi connectivity index (χ0) is 13.9. The average molecular weight is 317 g/mol. The molecule has 1 atom stereocenters. The van der Waals surface area contributed by atoms with Crippen LogP contribution >= 0.6 is 23.7 Å². The summed E-state index contributed by atoms with van der Waals surface area (Å²) in [6.07, 6.45) is 4.97. The van der Waals surface area contributed by atoms with Crippen molar-refractivity contribution in [3.05, 3.63) is 21.9 Å². The van der Waals surface area contributed by atoms with Gasteiger partial charge in [0.2, 0.25) is 5.91 Å². The fourth-order valence-corrected chi connectivity index (χ4v) is 3.86. The number of hydrogen-bond acceptors (Lipinski definition) is 3. The maximum Gasteiger partial charge on any atom is 0.228 e. The minimum absolute atomic E-state index is 0. The van der Waals surface area contributed by atoms with Gasteiger partial charge in [0, 0.05) is 11.4 Å². The molecule has 1 aromatic heterocycles. The summed E-state index contributed by atoms with van der Waals surface area (Å²) in [5.41, 5.74) is 6.88. The van der Waals surface area contributed by atoms with E-state index in [-0.39, 0.29) is 29.8 Å². The molecule has 3 N–H and O–H groups in total. The molecule has 1 aliphatic carbocycles. The molecule has 0 saturated carbocycles. The van der Waals surface area contributed by atoms with Crippen molar-refractivity contribution in [1.29, 1.82) is 0 Å². The van der Waals surface area contributed by atoms with Gasteiger partial charge in [-0.25, -0.2) is 0 Å². The third kappa shape index (κ3) is 3.35. The van der Waals surface area contributed by atoms with Crippen molar-refractivity contribution in [2.45, 2.75) is 57.4 Å². The maximum absolute atomic E-state index is 12.6. The van der Waals surface area contributed by atoms with Gasteiger partial charge in [0.1, 0.15) is 0 Å². The van der Waals surface area contributed by atoms with Gasteiger partial charge in [0.25, 0.3) is 0 Å². The lowest BCUT2D eigenvalue weighted by atomic mass is 9.85. The van der Waals surface area contributed by atoms with Crippen molar-refractivity contribution in [2.24, 2.45) is 5.73 Å². The molecule has 5 heteroatoms. The van der Waals surface area contributed by atoms with Crippen LogP contribution in [0.2, 0.25) is 0 Å². The van der Waals surface area contributed by atoms with Gasteiger partial charge < -0.3 is 11.1 Å². The highest BCUT2D eigenvalue weighted by Crippen LogP contribution is 2.35. The molecule has 1 amide bonds. The molecule has 1 aromatic rings. The van der Waals surface area contributed by atoms with Crippen LogP contribution in [-0.4, -0.2) is 18.0 Å². The summed E-state index contributed by atoms with van der Waals surface area (Å²) < 4.78 is 0. The van der Waals surface area contributed by atoms with Crippen LogP contribution in [0.3, 0.4) is 0 Å². The van der Waals surface area contributed by atoms with Gasteiger partial charge in [-0.15, -0.1) is 23.7 Å². The van der Waals surface area contributed by atoms with Crippen LogP contribution in [0, 0.1) is 0 Å². The fraction of sp³-hybridized carbons (Fsp3) is 0.667. The second-order valence-corrected chi connectivity index (χ2v) is 6.43. The van der Waals surface area contributed by atoms with Crippen LogP contribution in [0.25, 0.3) is 0 Å². The molecule has 1 aliphatic rings. The first-order chi connectivity index (χ1) is 9.15. The number of nitrogens with one attached hydrogen (secondary N) is 1. The molecule has 3 nitrogen and oxygen atoms in total. The lowest BCUT2D eigenvalue weighted by Crippen LogP contribution is -2.54. The van der Waals surface area contributed by atoms with Crippen LogP contribution < -0.4 is 11.1 Å². The molecular weight excluding hydrogens is 292 g/mol. The summed E-state index contributed by atoms with van der Waals surface area (Å²) in [5.74, 6) is 0.188. The minimum atomic E-state index is -0.231. The van der Waals surface area contributed by atoms with E-state index in [0.717, 1.165) is 32.1 Å². The molecule has 0 aromatic carbocycles. The van der Waals surface area contributed by atoms with E-state index in [9.17, 15) is 4.79 Å². The third-order valence-electron chi connectivity index (χ3n) is 4.50. The zero-order valence-electron chi connectivity index (χ0n) is 12.3. The molecule has 1 unspecified atom stereocenters. The van der Waals surface area contributed by atoms with Crippen LogP contribution in [0.1, 0.15) is 55.9 Å².